The molecule has 0 radical (unpaired) electrons. The molecule has 0 aromatic carbocycles. The summed E-state index contributed by atoms with van der Waals surface area (Å²) in [6.07, 6.45) is 7.37. The van der Waals surface area contributed by atoms with Crippen LogP contribution in [0.2, 0.25) is 0 Å². The number of fused-ring (bicyclic) bond motifs is 2. The maximum absolute atomic E-state index is 12.7. The lowest BCUT2D eigenvalue weighted by Gasteiger charge is -2.62. The first-order valence-electron chi connectivity index (χ1n) is 9.15. The molecular weight excluding hydrogens is 394 g/mol. The van der Waals surface area contributed by atoms with Gasteiger partial charge in [0.05, 0.1) is 24.1 Å². The van der Waals surface area contributed by atoms with Gasteiger partial charge in [0.15, 0.2) is 0 Å². The normalized spacial score (nSPS) is 29.1. The van der Waals surface area contributed by atoms with Crippen molar-refractivity contribution in [1.82, 2.24) is 19.7 Å². The molecule has 5 rings (SSSR count). The van der Waals surface area contributed by atoms with Crippen LogP contribution >= 0.6 is 15.9 Å². The molecule has 0 unspecified atom stereocenters. The number of nitrogens with one attached hydrogen (secondary N) is 1. The van der Waals surface area contributed by atoms with Crippen LogP contribution in [0, 0.1) is 23.2 Å². The van der Waals surface area contributed by atoms with E-state index in [2.05, 4.69) is 57.1 Å². The van der Waals surface area contributed by atoms with E-state index in [1.807, 2.05) is 0 Å². The molecule has 3 aliphatic carbocycles. The number of hydrogen-bond acceptors (Lipinski definition) is 5. The van der Waals surface area contributed by atoms with Crippen molar-refractivity contribution in [3.8, 4) is 0 Å². The Morgan fingerprint density at radius 1 is 1.38 bits per heavy atom. The zero-order chi connectivity index (χ0) is 18.5. The summed E-state index contributed by atoms with van der Waals surface area (Å²) in [6, 6.07) is 2.17. The van der Waals surface area contributed by atoms with E-state index in [1.165, 1.54) is 17.4 Å². The molecule has 2 aromatic rings. The van der Waals surface area contributed by atoms with Gasteiger partial charge in [-0.15, -0.1) is 0 Å². The van der Waals surface area contributed by atoms with E-state index >= 15 is 0 Å². The fraction of sp³-hybridized carbons (Fsp3) is 0.579. The van der Waals surface area contributed by atoms with Crippen molar-refractivity contribution >= 4 is 21.6 Å². The Kier molecular flexibility index (Phi) is 4.37. The minimum Gasteiger partial charge on any atom is -0.380 e. The molecule has 26 heavy (non-hydrogen) atoms. The maximum Gasteiger partial charge on any atom is 0.283 e. The zero-order valence-electron chi connectivity index (χ0n) is 15.3. The largest absolute Gasteiger partial charge is 0.380 e. The van der Waals surface area contributed by atoms with E-state index < -0.39 is 0 Å². The number of rotatable bonds is 4. The first-order chi connectivity index (χ1) is 12.4. The van der Waals surface area contributed by atoms with Crippen molar-refractivity contribution in [2.45, 2.75) is 46.2 Å². The van der Waals surface area contributed by atoms with Gasteiger partial charge in [-0.25, -0.2) is 14.6 Å². The lowest BCUT2D eigenvalue weighted by molar-refractivity contribution is -0.105. The molecule has 2 heterocycles. The molecule has 6 nitrogen and oxygen atoms in total. The van der Waals surface area contributed by atoms with Gasteiger partial charge in [-0.3, -0.25) is 4.79 Å². The number of aromatic nitrogens is 4. The molecular formula is C19H24BrN5O. The van der Waals surface area contributed by atoms with Crippen LogP contribution in [0.15, 0.2) is 34.1 Å². The number of hydrogen-bond donors (Lipinski definition) is 1. The van der Waals surface area contributed by atoms with E-state index in [-0.39, 0.29) is 5.56 Å². The van der Waals surface area contributed by atoms with E-state index in [0.29, 0.717) is 28.4 Å². The summed E-state index contributed by atoms with van der Waals surface area (Å²) in [5.41, 5.74) is 1.84. The second-order valence-electron chi connectivity index (χ2n) is 8.24. The molecule has 2 aromatic heterocycles. The smallest absolute Gasteiger partial charge is 0.283 e. The Hall–Kier alpha value is -1.76. The van der Waals surface area contributed by atoms with Crippen molar-refractivity contribution in [3.63, 3.8) is 0 Å². The highest BCUT2D eigenvalue weighted by molar-refractivity contribution is 9.10. The zero-order valence-corrected chi connectivity index (χ0v) is 16.9. The van der Waals surface area contributed by atoms with Gasteiger partial charge < -0.3 is 5.32 Å². The average Bonchev–Trinajstić information content (AvgIpc) is 2.63. The van der Waals surface area contributed by atoms with Gasteiger partial charge in [-0.05, 0) is 58.0 Å². The van der Waals surface area contributed by atoms with Crippen LogP contribution in [-0.2, 0) is 6.54 Å². The molecule has 3 fully saturated rings. The van der Waals surface area contributed by atoms with Crippen molar-refractivity contribution in [2.75, 3.05) is 5.32 Å². The predicted octanol–water partition coefficient (Wildman–Crippen LogP) is 3.33. The summed E-state index contributed by atoms with van der Waals surface area (Å²) in [5.74, 6) is 2.11. The number of halogens is 1. The van der Waals surface area contributed by atoms with Gasteiger partial charge in [0.25, 0.3) is 5.56 Å². The highest BCUT2D eigenvalue weighted by Gasteiger charge is 2.56. The standard InChI is InChI=1S/C19H24BrN5O/c1-11-14-6-12(19(14,2)3)7-15(11)24-16-8-23-25(18(26)17(16)20)9-13-4-5-21-10-22-13/h4-5,8,10-12,14-15,24H,6-7,9H2,1-3H3/t11-,12-,14+,15-/m1/s1. The second kappa shape index (κ2) is 6.44. The highest BCUT2D eigenvalue weighted by atomic mass is 79.9. The summed E-state index contributed by atoms with van der Waals surface area (Å²) in [6.45, 7) is 7.45. The molecule has 0 amide bonds. The highest BCUT2D eigenvalue weighted by Crippen LogP contribution is 2.61. The van der Waals surface area contributed by atoms with Gasteiger partial charge in [0, 0.05) is 12.2 Å². The molecule has 138 valence electrons. The Morgan fingerprint density at radius 3 is 2.85 bits per heavy atom. The Balaban J connectivity index is 1.52. The molecule has 4 atom stereocenters. The van der Waals surface area contributed by atoms with Gasteiger partial charge in [0.1, 0.15) is 10.8 Å². The topological polar surface area (TPSA) is 72.7 Å². The first kappa shape index (κ1) is 17.6. The summed E-state index contributed by atoms with van der Waals surface area (Å²) in [5, 5.41) is 7.92. The molecule has 2 bridgehead atoms. The van der Waals surface area contributed by atoms with Crippen LogP contribution in [-0.4, -0.2) is 25.8 Å². The van der Waals surface area contributed by atoms with Crippen LogP contribution in [0.4, 0.5) is 5.69 Å². The van der Waals surface area contributed by atoms with E-state index in [9.17, 15) is 4.79 Å². The Morgan fingerprint density at radius 2 is 2.19 bits per heavy atom. The molecule has 7 heteroatoms. The van der Waals surface area contributed by atoms with Gasteiger partial charge in [0.2, 0.25) is 0 Å². The van der Waals surface area contributed by atoms with E-state index in [4.69, 9.17) is 0 Å². The monoisotopic (exact) mass is 417 g/mol. The summed E-state index contributed by atoms with van der Waals surface area (Å²) in [4.78, 5) is 20.7. The SMILES string of the molecule is C[C@H]1[C@H](Nc2cnn(Cc3ccncn3)c(=O)c2Br)C[C@H]2C[C@@H]1C2(C)C. The molecule has 1 N–H and O–H groups in total. The third-order valence-corrected chi connectivity index (χ3v) is 7.40. The molecule has 0 spiro atoms. The number of anilines is 1. The predicted molar refractivity (Wildman–Crippen MR) is 104 cm³/mol. The Labute approximate surface area is 161 Å². The minimum absolute atomic E-state index is 0.150. The van der Waals surface area contributed by atoms with Gasteiger partial charge in [-0.1, -0.05) is 20.8 Å². The number of nitrogens with zero attached hydrogens (tertiary/aromatic N) is 4. The fourth-order valence-corrected chi connectivity index (χ4v) is 5.21. The van der Waals surface area contributed by atoms with Crippen LogP contribution in [0.1, 0.15) is 39.3 Å². The summed E-state index contributed by atoms with van der Waals surface area (Å²) in [7, 11) is 0. The van der Waals surface area contributed by atoms with Crippen LogP contribution < -0.4 is 10.9 Å². The average molecular weight is 418 g/mol. The van der Waals surface area contributed by atoms with Gasteiger partial charge >= 0.3 is 0 Å². The summed E-state index contributed by atoms with van der Waals surface area (Å²) < 4.78 is 1.95. The maximum atomic E-state index is 12.7. The third-order valence-electron chi connectivity index (χ3n) is 6.63. The molecule has 0 aliphatic heterocycles. The molecule has 0 saturated heterocycles. The van der Waals surface area contributed by atoms with Crippen molar-refractivity contribution < 1.29 is 0 Å². The first-order valence-corrected chi connectivity index (χ1v) is 9.94. The quantitative estimate of drug-likeness (QED) is 0.825. The molecule has 3 aliphatic rings. The van der Waals surface area contributed by atoms with Crippen LogP contribution in [0.3, 0.4) is 0 Å². The minimum atomic E-state index is -0.150. The van der Waals surface area contributed by atoms with Crippen LogP contribution in [0.25, 0.3) is 0 Å². The van der Waals surface area contributed by atoms with Crippen molar-refractivity contribution in [3.05, 3.63) is 45.3 Å². The third kappa shape index (κ3) is 2.86. The van der Waals surface area contributed by atoms with Gasteiger partial charge in [-0.2, -0.15) is 5.10 Å². The fourth-order valence-electron chi connectivity index (χ4n) is 4.78. The van der Waals surface area contributed by atoms with E-state index in [0.717, 1.165) is 29.6 Å². The van der Waals surface area contributed by atoms with Crippen LogP contribution in [0.5, 0.6) is 0 Å². The Bertz CT molecular complexity index is 866. The second-order valence-corrected chi connectivity index (χ2v) is 9.03. The van der Waals surface area contributed by atoms with Crippen molar-refractivity contribution in [1.29, 1.82) is 0 Å². The lowest BCUT2D eigenvalue weighted by atomic mass is 9.45. The van der Waals surface area contributed by atoms with Crippen molar-refractivity contribution in [2.24, 2.45) is 23.2 Å². The lowest BCUT2D eigenvalue weighted by Crippen LogP contribution is -2.58. The summed E-state index contributed by atoms with van der Waals surface area (Å²) >= 11 is 3.47. The molecule has 3 saturated carbocycles. The van der Waals surface area contributed by atoms with E-state index in [1.54, 1.807) is 18.5 Å².